The van der Waals surface area contributed by atoms with Gasteiger partial charge < -0.3 is 4.98 Å². The molecule has 1 aliphatic rings. The standard InChI is InChI=1S/C14H13N3OS/c1-17-13-11(12(16-17)10-6-3-7-19-10)8-4-2-5-9(8)14(18)15-13/h3,6-7H,2,4-5H2,1H3,(H,15,18). The van der Waals surface area contributed by atoms with Crippen LogP contribution < -0.4 is 5.56 Å². The Morgan fingerprint density at radius 1 is 1.37 bits per heavy atom. The summed E-state index contributed by atoms with van der Waals surface area (Å²) in [4.78, 5) is 16.2. The lowest BCUT2D eigenvalue weighted by Gasteiger charge is -2.02. The van der Waals surface area contributed by atoms with Crippen LogP contribution in [0, 0.1) is 0 Å². The van der Waals surface area contributed by atoms with E-state index < -0.39 is 0 Å². The van der Waals surface area contributed by atoms with E-state index >= 15 is 0 Å². The van der Waals surface area contributed by atoms with Gasteiger partial charge in [-0.15, -0.1) is 11.3 Å². The Bertz CT molecular complexity index is 827. The van der Waals surface area contributed by atoms with Gasteiger partial charge in [0.2, 0.25) is 0 Å². The highest BCUT2D eigenvalue weighted by Gasteiger charge is 2.23. The van der Waals surface area contributed by atoms with E-state index in [9.17, 15) is 4.79 Å². The van der Waals surface area contributed by atoms with Crippen molar-refractivity contribution in [2.24, 2.45) is 7.05 Å². The molecule has 0 saturated heterocycles. The Balaban J connectivity index is 2.17. The number of thiophene rings is 1. The fourth-order valence-corrected chi connectivity index (χ4v) is 3.71. The van der Waals surface area contributed by atoms with Crippen LogP contribution in [0.3, 0.4) is 0 Å². The average molecular weight is 271 g/mol. The molecule has 96 valence electrons. The number of H-pyrrole nitrogens is 1. The van der Waals surface area contributed by atoms with Crippen LogP contribution in [-0.2, 0) is 19.9 Å². The SMILES string of the molecule is Cn1nc(-c2cccs2)c2c3c(c(=O)[nH]c21)CCC3. The minimum Gasteiger partial charge on any atom is -0.307 e. The van der Waals surface area contributed by atoms with Crippen LogP contribution in [0.2, 0.25) is 0 Å². The summed E-state index contributed by atoms with van der Waals surface area (Å²) in [5, 5.41) is 7.80. The lowest BCUT2D eigenvalue weighted by molar-refractivity contribution is 0.788. The van der Waals surface area contributed by atoms with Crippen molar-refractivity contribution >= 4 is 22.4 Å². The average Bonchev–Trinajstić information content (AvgIpc) is 3.08. The van der Waals surface area contributed by atoms with Crippen molar-refractivity contribution in [2.45, 2.75) is 19.3 Å². The summed E-state index contributed by atoms with van der Waals surface area (Å²) < 4.78 is 1.78. The maximum atomic E-state index is 12.1. The molecule has 0 radical (unpaired) electrons. The zero-order chi connectivity index (χ0) is 13.0. The molecule has 3 heterocycles. The number of nitrogens with one attached hydrogen (secondary N) is 1. The van der Waals surface area contributed by atoms with Gasteiger partial charge in [0.05, 0.1) is 4.88 Å². The lowest BCUT2D eigenvalue weighted by Crippen LogP contribution is -2.13. The molecule has 0 bridgehead atoms. The van der Waals surface area contributed by atoms with Gasteiger partial charge in [-0.1, -0.05) is 6.07 Å². The molecule has 5 heteroatoms. The predicted octanol–water partition coefficient (Wildman–Crippen LogP) is 2.48. The van der Waals surface area contributed by atoms with E-state index in [0.717, 1.165) is 46.4 Å². The molecule has 4 nitrogen and oxygen atoms in total. The van der Waals surface area contributed by atoms with Gasteiger partial charge in [0.25, 0.3) is 5.56 Å². The number of hydrogen-bond donors (Lipinski definition) is 1. The zero-order valence-corrected chi connectivity index (χ0v) is 11.4. The third-order valence-electron chi connectivity index (χ3n) is 3.83. The highest BCUT2D eigenvalue weighted by molar-refractivity contribution is 7.13. The number of aromatic amines is 1. The summed E-state index contributed by atoms with van der Waals surface area (Å²) in [7, 11) is 1.89. The monoisotopic (exact) mass is 271 g/mol. The molecule has 3 aromatic rings. The van der Waals surface area contributed by atoms with Crippen LogP contribution >= 0.6 is 11.3 Å². The molecular weight excluding hydrogens is 258 g/mol. The van der Waals surface area contributed by atoms with Crippen LogP contribution in [0.25, 0.3) is 21.6 Å². The summed E-state index contributed by atoms with van der Waals surface area (Å²) in [6.07, 6.45) is 2.94. The second kappa shape index (κ2) is 3.81. The van der Waals surface area contributed by atoms with Crippen molar-refractivity contribution in [1.29, 1.82) is 0 Å². The Morgan fingerprint density at radius 2 is 2.21 bits per heavy atom. The second-order valence-corrected chi connectivity index (χ2v) is 5.89. The van der Waals surface area contributed by atoms with Crippen molar-refractivity contribution in [1.82, 2.24) is 14.8 Å². The number of aromatic nitrogens is 3. The van der Waals surface area contributed by atoms with Crippen LogP contribution in [0.4, 0.5) is 0 Å². The lowest BCUT2D eigenvalue weighted by atomic mass is 10.1. The van der Waals surface area contributed by atoms with Gasteiger partial charge in [0.15, 0.2) is 0 Å². The smallest absolute Gasteiger partial charge is 0.253 e. The number of aryl methyl sites for hydroxylation is 2. The fourth-order valence-electron chi connectivity index (χ4n) is 2.99. The third-order valence-corrected chi connectivity index (χ3v) is 4.70. The van der Waals surface area contributed by atoms with E-state index in [1.807, 2.05) is 13.1 Å². The van der Waals surface area contributed by atoms with E-state index in [-0.39, 0.29) is 5.56 Å². The summed E-state index contributed by atoms with van der Waals surface area (Å²) in [6.45, 7) is 0. The van der Waals surface area contributed by atoms with Crippen molar-refractivity contribution in [3.8, 4) is 10.6 Å². The number of rotatable bonds is 1. The van der Waals surface area contributed by atoms with Gasteiger partial charge in [0.1, 0.15) is 11.3 Å². The Morgan fingerprint density at radius 3 is 3.00 bits per heavy atom. The van der Waals surface area contributed by atoms with Gasteiger partial charge in [-0.05, 0) is 36.3 Å². The molecule has 0 aromatic carbocycles. The molecule has 19 heavy (non-hydrogen) atoms. The van der Waals surface area contributed by atoms with Gasteiger partial charge in [-0.3, -0.25) is 9.48 Å². The van der Waals surface area contributed by atoms with Gasteiger partial charge in [-0.2, -0.15) is 5.10 Å². The van der Waals surface area contributed by atoms with Crippen molar-refractivity contribution < 1.29 is 0 Å². The fraction of sp³-hybridized carbons (Fsp3) is 0.286. The Kier molecular flexibility index (Phi) is 2.20. The Labute approximate surface area is 113 Å². The first kappa shape index (κ1) is 11.0. The molecule has 0 unspecified atom stereocenters. The largest absolute Gasteiger partial charge is 0.307 e. The van der Waals surface area contributed by atoms with Crippen molar-refractivity contribution in [3.05, 3.63) is 39.0 Å². The molecule has 4 rings (SSSR count). The summed E-state index contributed by atoms with van der Waals surface area (Å²) in [5.74, 6) is 0. The number of hydrogen-bond acceptors (Lipinski definition) is 3. The number of nitrogens with zero attached hydrogens (tertiary/aromatic N) is 2. The van der Waals surface area contributed by atoms with E-state index in [2.05, 4.69) is 21.5 Å². The van der Waals surface area contributed by atoms with Crippen LogP contribution in [0.15, 0.2) is 22.3 Å². The summed E-state index contributed by atoms with van der Waals surface area (Å²) in [6, 6.07) is 4.12. The molecule has 0 amide bonds. The second-order valence-electron chi connectivity index (χ2n) is 4.94. The maximum absolute atomic E-state index is 12.1. The van der Waals surface area contributed by atoms with Gasteiger partial charge >= 0.3 is 0 Å². The normalized spacial score (nSPS) is 14.2. The molecular formula is C14H13N3OS. The van der Waals surface area contributed by atoms with Crippen molar-refractivity contribution in [3.63, 3.8) is 0 Å². The molecule has 0 saturated carbocycles. The minimum absolute atomic E-state index is 0.0562. The van der Waals surface area contributed by atoms with Crippen LogP contribution in [0.5, 0.6) is 0 Å². The molecule has 3 aromatic heterocycles. The molecule has 0 atom stereocenters. The van der Waals surface area contributed by atoms with Gasteiger partial charge in [0, 0.05) is 18.0 Å². The first-order valence-electron chi connectivity index (χ1n) is 6.40. The van der Waals surface area contributed by atoms with E-state index in [0.29, 0.717) is 0 Å². The topological polar surface area (TPSA) is 50.7 Å². The number of pyridine rings is 1. The van der Waals surface area contributed by atoms with Crippen molar-refractivity contribution in [2.75, 3.05) is 0 Å². The quantitative estimate of drug-likeness (QED) is 0.739. The van der Waals surface area contributed by atoms with E-state index in [1.165, 1.54) is 5.56 Å². The van der Waals surface area contributed by atoms with Crippen LogP contribution in [-0.4, -0.2) is 14.8 Å². The highest BCUT2D eigenvalue weighted by atomic mass is 32.1. The molecule has 0 fully saturated rings. The van der Waals surface area contributed by atoms with Crippen LogP contribution in [0.1, 0.15) is 17.5 Å². The summed E-state index contributed by atoms with van der Waals surface area (Å²) >= 11 is 1.69. The third kappa shape index (κ3) is 1.45. The zero-order valence-electron chi connectivity index (χ0n) is 10.6. The Hall–Kier alpha value is -1.88. The number of fused-ring (bicyclic) bond motifs is 3. The van der Waals surface area contributed by atoms with E-state index in [1.54, 1.807) is 16.0 Å². The van der Waals surface area contributed by atoms with Gasteiger partial charge in [-0.25, -0.2) is 0 Å². The summed E-state index contributed by atoms with van der Waals surface area (Å²) in [5.41, 5.74) is 4.06. The molecule has 0 spiro atoms. The molecule has 0 aliphatic heterocycles. The minimum atomic E-state index is 0.0562. The van der Waals surface area contributed by atoms with E-state index in [4.69, 9.17) is 0 Å². The highest BCUT2D eigenvalue weighted by Crippen LogP contribution is 2.35. The molecule has 1 N–H and O–H groups in total. The first-order valence-corrected chi connectivity index (χ1v) is 7.28. The predicted molar refractivity (Wildman–Crippen MR) is 76.7 cm³/mol. The maximum Gasteiger partial charge on any atom is 0.253 e. The molecule has 1 aliphatic carbocycles. The first-order chi connectivity index (χ1) is 9.25.